The Hall–Kier alpha value is -0.610. The number of nitrogens with one attached hydrogen (secondary N) is 1. The first-order valence-electron chi connectivity index (χ1n) is 8.34. The minimum absolute atomic E-state index is 0.351. The molecule has 5 unspecified atom stereocenters. The van der Waals surface area contributed by atoms with Crippen molar-refractivity contribution in [2.75, 3.05) is 26.2 Å². The van der Waals surface area contributed by atoms with Crippen LogP contribution in [0.1, 0.15) is 40.0 Å². The molecule has 0 bridgehead atoms. The predicted molar refractivity (Wildman–Crippen MR) is 80.5 cm³/mol. The number of hydrogen-bond acceptors (Lipinski definition) is 3. The van der Waals surface area contributed by atoms with Crippen molar-refractivity contribution in [2.45, 2.75) is 58.2 Å². The molecule has 1 amide bonds. The van der Waals surface area contributed by atoms with E-state index in [0.29, 0.717) is 30.6 Å². The second kappa shape index (κ2) is 5.64. The van der Waals surface area contributed by atoms with Crippen LogP contribution in [0.2, 0.25) is 0 Å². The zero-order chi connectivity index (χ0) is 14.3. The molecule has 3 rings (SSSR count). The van der Waals surface area contributed by atoms with Crippen molar-refractivity contribution in [1.82, 2.24) is 15.1 Å². The van der Waals surface area contributed by atoms with Gasteiger partial charge in [0.25, 0.3) is 0 Å². The molecule has 0 aromatic carbocycles. The van der Waals surface area contributed by atoms with Crippen molar-refractivity contribution in [1.29, 1.82) is 0 Å². The van der Waals surface area contributed by atoms with Gasteiger partial charge in [0.15, 0.2) is 0 Å². The second-order valence-corrected chi connectivity index (χ2v) is 7.18. The first-order chi connectivity index (χ1) is 9.58. The van der Waals surface area contributed by atoms with Crippen molar-refractivity contribution < 1.29 is 4.79 Å². The van der Waals surface area contributed by atoms with Gasteiger partial charge in [-0.2, -0.15) is 0 Å². The monoisotopic (exact) mass is 279 g/mol. The topological polar surface area (TPSA) is 35.6 Å². The molecule has 0 aromatic rings. The van der Waals surface area contributed by atoms with Crippen LogP contribution in [0.4, 0.5) is 0 Å². The molecule has 3 saturated heterocycles. The Bertz CT molecular complexity index is 363. The van der Waals surface area contributed by atoms with Gasteiger partial charge >= 0.3 is 0 Å². The van der Waals surface area contributed by atoms with Crippen molar-refractivity contribution >= 4 is 5.91 Å². The number of rotatable bonds is 2. The highest BCUT2D eigenvalue weighted by molar-refractivity contribution is 5.79. The van der Waals surface area contributed by atoms with Crippen molar-refractivity contribution in [3.63, 3.8) is 0 Å². The van der Waals surface area contributed by atoms with E-state index in [4.69, 9.17) is 0 Å². The van der Waals surface area contributed by atoms with Gasteiger partial charge in [0.2, 0.25) is 5.91 Å². The molecule has 0 radical (unpaired) electrons. The normalized spacial score (nSPS) is 42.0. The lowest BCUT2D eigenvalue weighted by molar-refractivity contribution is -0.138. The molecule has 3 heterocycles. The molecule has 4 heteroatoms. The molecular weight excluding hydrogens is 250 g/mol. The van der Waals surface area contributed by atoms with E-state index in [1.54, 1.807) is 0 Å². The molecule has 0 aliphatic carbocycles. The summed E-state index contributed by atoms with van der Waals surface area (Å²) < 4.78 is 0. The molecule has 0 aromatic heterocycles. The highest BCUT2D eigenvalue weighted by Crippen LogP contribution is 2.32. The maximum absolute atomic E-state index is 12.7. The fourth-order valence-electron chi connectivity index (χ4n) is 4.63. The van der Waals surface area contributed by atoms with E-state index >= 15 is 0 Å². The number of nitrogens with zero attached hydrogens (tertiary/aromatic N) is 2. The molecule has 0 spiro atoms. The molecule has 0 saturated carbocycles. The summed E-state index contributed by atoms with van der Waals surface area (Å²) in [5, 5.41) is 3.48. The van der Waals surface area contributed by atoms with Crippen molar-refractivity contribution in [2.24, 2.45) is 11.8 Å². The first-order valence-corrected chi connectivity index (χ1v) is 8.34. The Labute approximate surface area is 122 Å². The summed E-state index contributed by atoms with van der Waals surface area (Å²) in [6.45, 7) is 10.7. The van der Waals surface area contributed by atoms with Gasteiger partial charge in [-0.1, -0.05) is 0 Å². The van der Waals surface area contributed by atoms with E-state index < -0.39 is 0 Å². The minimum atomic E-state index is 0.351. The standard InChI is InChI=1S/C16H29N3O/c1-11-5-4-6-12(2)19(11)16(20)10-18-9-14-7-17-8-15(14)13(18)3/h11-15,17H,4-10H2,1-3H3. The highest BCUT2D eigenvalue weighted by atomic mass is 16.2. The van der Waals surface area contributed by atoms with Crippen LogP contribution in [-0.2, 0) is 4.79 Å². The number of likely N-dealkylation sites (tertiary alicyclic amines) is 2. The van der Waals surface area contributed by atoms with Crippen LogP contribution < -0.4 is 5.32 Å². The van der Waals surface area contributed by atoms with Crippen LogP contribution in [0.5, 0.6) is 0 Å². The number of fused-ring (bicyclic) bond motifs is 1. The SMILES string of the molecule is CC1C2CNCC2CN1CC(=O)N1C(C)CCCC1C. The summed E-state index contributed by atoms with van der Waals surface area (Å²) in [6, 6.07) is 1.39. The van der Waals surface area contributed by atoms with Gasteiger partial charge in [0, 0.05) is 24.7 Å². The summed E-state index contributed by atoms with van der Waals surface area (Å²) in [5.41, 5.74) is 0. The Morgan fingerprint density at radius 2 is 1.85 bits per heavy atom. The number of piperidine rings is 1. The van der Waals surface area contributed by atoms with Crippen LogP contribution in [0.3, 0.4) is 0 Å². The Kier molecular flexibility index (Phi) is 4.04. The first kappa shape index (κ1) is 14.3. The number of hydrogen-bond donors (Lipinski definition) is 1. The Morgan fingerprint density at radius 3 is 2.50 bits per heavy atom. The number of carbonyl (C=O) groups excluding carboxylic acids is 1. The van der Waals surface area contributed by atoms with Crippen molar-refractivity contribution in [3.8, 4) is 0 Å². The predicted octanol–water partition coefficient (Wildman–Crippen LogP) is 1.32. The van der Waals surface area contributed by atoms with Gasteiger partial charge in [0.1, 0.15) is 0 Å². The largest absolute Gasteiger partial charge is 0.336 e. The average molecular weight is 279 g/mol. The smallest absolute Gasteiger partial charge is 0.237 e. The zero-order valence-corrected chi connectivity index (χ0v) is 13.1. The summed E-state index contributed by atoms with van der Waals surface area (Å²) >= 11 is 0. The van der Waals surface area contributed by atoms with E-state index in [1.165, 1.54) is 19.3 Å². The lowest BCUT2D eigenvalue weighted by Crippen LogP contribution is -2.51. The number of amides is 1. The van der Waals surface area contributed by atoms with E-state index in [-0.39, 0.29) is 0 Å². The third kappa shape index (κ3) is 2.48. The van der Waals surface area contributed by atoms with Gasteiger partial charge < -0.3 is 10.2 Å². The number of carbonyl (C=O) groups is 1. The summed E-state index contributed by atoms with van der Waals surface area (Å²) in [5.74, 6) is 1.86. The fourth-order valence-corrected chi connectivity index (χ4v) is 4.63. The average Bonchev–Trinajstić information content (AvgIpc) is 2.94. The maximum Gasteiger partial charge on any atom is 0.237 e. The molecule has 3 aliphatic rings. The van der Waals surface area contributed by atoms with Gasteiger partial charge in [-0.15, -0.1) is 0 Å². The van der Waals surface area contributed by atoms with Gasteiger partial charge in [-0.3, -0.25) is 9.69 Å². The minimum Gasteiger partial charge on any atom is -0.336 e. The summed E-state index contributed by atoms with van der Waals surface area (Å²) in [6.07, 6.45) is 3.60. The molecule has 114 valence electrons. The second-order valence-electron chi connectivity index (χ2n) is 7.18. The summed E-state index contributed by atoms with van der Waals surface area (Å²) in [7, 11) is 0. The van der Waals surface area contributed by atoms with Gasteiger partial charge in [-0.25, -0.2) is 0 Å². The molecular formula is C16H29N3O. The lowest BCUT2D eigenvalue weighted by atomic mass is 9.95. The van der Waals surface area contributed by atoms with Crippen LogP contribution in [0.25, 0.3) is 0 Å². The van der Waals surface area contributed by atoms with Crippen LogP contribution in [-0.4, -0.2) is 60.0 Å². The molecule has 3 aliphatic heterocycles. The Balaban J connectivity index is 1.61. The summed E-state index contributed by atoms with van der Waals surface area (Å²) in [4.78, 5) is 17.3. The molecule has 3 fully saturated rings. The van der Waals surface area contributed by atoms with Crippen LogP contribution in [0.15, 0.2) is 0 Å². The molecule has 1 N–H and O–H groups in total. The lowest BCUT2D eigenvalue weighted by Gasteiger charge is -2.40. The molecule has 4 nitrogen and oxygen atoms in total. The quantitative estimate of drug-likeness (QED) is 0.828. The van der Waals surface area contributed by atoms with Gasteiger partial charge in [0.05, 0.1) is 6.54 Å². The van der Waals surface area contributed by atoms with E-state index in [2.05, 4.69) is 35.9 Å². The maximum atomic E-state index is 12.7. The zero-order valence-electron chi connectivity index (χ0n) is 13.1. The highest BCUT2D eigenvalue weighted by Gasteiger charge is 2.43. The van der Waals surface area contributed by atoms with Crippen molar-refractivity contribution in [3.05, 3.63) is 0 Å². The molecule has 5 atom stereocenters. The van der Waals surface area contributed by atoms with E-state index in [1.807, 2.05) is 0 Å². The molecule has 20 heavy (non-hydrogen) atoms. The van der Waals surface area contributed by atoms with E-state index in [0.717, 1.165) is 31.5 Å². The van der Waals surface area contributed by atoms with Crippen LogP contribution in [0, 0.1) is 11.8 Å². The van der Waals surface area contributed by atoms with E-state index in [9.17, 15) is 4.79 Å². The third-order valence-electron chi connectivity index (χ3n) is 5.88. The van der Waals surface area contributed by atoms with Gasteiger partial charge in [-0.05, 0) is 65.0 Å². The Morgan fingerprint density at radius 1 is 1.15 bits per heavy atom. The third-order valence-corrected chi connectivity index (χ3v) is 5.88. The van der Waals surface area contributed by atoms with Crippen LogP contribution >= 0.6 is 0 Å². The fraction of sp³-hybridized carbons (Fsp3) is 0.938.